The lowest BCUT2D eigenvalue weighted by Gasteiger charge is -2.22. The van der Waals surface area contributed by atoms with Gasteiger partial charge in [-0.15, -0.1) is 0 Å². The van der Waals surface area contributed by atoms with Gasteiger partial charge in [0.1, 0.15) is 30.5 Å². The molecular formula is C36H38O12. The molecule has 0 atom stereocenters. The number of carbonyl (C=O) groups is 4. The first-order chi connectivity index (χ1) is 23.1. The molecule has 0 N–H and O–H groups in total. The van der Waals surface area contributed by atoms with Gasteiger partial charge in [-0.1, -0.05) is 32.6 Å². The molecule has 3 aromatic rings. The predicted molar refractivity (Wildman–Crippen MR) is 172 cm³/mol. The molecule has 0 saturated heterocycles. The lowest BCUT2D eigenvalue weighted by Crippen LogP contribution is -2.16. The van der Waals surface area contributed by atoms with Gasteiger partial charge in [0, 0.05) is 18.4 Å². The number of rotatable bonds is 17. The Kier molecular flexibility index (Phi) is 12.8. The van der Waals surface area contributed by atoms with Gasteiger partial charge in [0.2, 0.25) is 0 Å². The Bertz CT molecular complexity index is 1610. The zero-order valence-electron chi connectivity index (χ0n) is 27.1. The van der Waals surface area contributed by atoms with Crippen molar-refractivity contribution in [3.8, 4) is 28.4 Å². The van der Waals surface area contributed by atoms with E-state index >= 15 is 0 Å². The van der Waals surface area contributed by atoms with Gasteiger partial charge in [-0.25, -0.2) is 14.4 Å². The van der Waals surface area contributed by atoms with E-state index in [2.05, 4.69) is 20.4 Å². The number of hydrogen-bond acceptors (Lipinski definition) is 12. The molecule has 0 heterocycles. The highest BCUT2D eigenvalue weighted by molar-refractivity contribution is 5.91. The van der Waals surface area contributed by atoms with Crippen molar-refractivity contribution in [1.82, 2.24) is 0 Å². The second kappa shape index (κ2) is 17.2. The van der Waals surface area contributed by atoms with E-state index in [1.807, 2.05) is 24.3 Å². The molecule has 3 aromatic carbocycles. The summed E-state index contributed by atoms with van der Waals surface area (Å²) in [7, 11) is 0. The van der Waals surface area contributed by atoms with E-state index in [9.17, 15) is 19.2 Å². The van der Waals surface area contributed by atoms with Gasteiger partial charge in [0.25, 0.3) is 0 Å². The third-order valence-corrected chi connectivity index (χ3v) is 7.21. The summed E-state index contributed by atoms with van der Waals surface area (Å²) in [6, 6.07) is 16.9. The molecule has 0 unspecified atom stereocenters. The molecule has 0 radical (unpaired) electrons. The highest BCUT2D eigenvalue weighted by Gasteiger charge is 2.36. The number of fused-ring (bicyclic) bond motifs is 3. The van der Waals surface area contributed by atoms with Crippen molar-refractivity contribution in [3.63, 3.8) is 0 Å². The van der Waals surface area contributed by atoms with Crippen LogP contribution >= 0.6 is 0 Å². The average molecular weight is 663 g/mol. The normalized spacial score (nSPS) is 12.3. The quantitative estimate of drug-likeness (QED) is 0.0598. The first-order valence-corrected chi connectivity index (χ1v) is 15.3. The summed E-state index contributed by atoms with van der Waals surface area (Å²) in [5.41, 5.74) is 3.87. The van der Waals surface area contributed by atoms with Crippen molar-refractivity contribution < 1.29 is 57.1 Å². The predicted octanol–water partition coefficient (Wildman–Crippen LogP) is 5.43. The van der Waals surface area contributed by atoms with Gasteiger partial charge < -0.3 is 37.9 Å². The molecule has 1 aliphatic carbocycles. The minimum atomic E-state index is -0.914. The Labute approximate surface area is 278 Å². The maximum atomic E-state index is 12.9. The van der Waals surface area contributed by atoms with Crippen LogP contribution in [0.25, 0.3) is 11.1 Å². The Balaban J connectivity index is 1.14. The first kappa shape index (κ1) is 35.8. The van der Waals surface area contributed by atoms with E-state index in [0.717, 1.165) is 28.3 Å². The Morgan fingerprint density at radius 3 is 1.62 bits per heavy atom. The summed E-state index contributed by atoms with van der Waals surface area (Å²) in [6.45, 7) is 10.6. The van der Waals surface area contributed by atoms with Crippen molar-refractivity contribution in [1.29, 1.82) is 0 Å². The maximum Gasteiger partial charge on any atom is 0.513 e. The summed E-state index contributed by atoms with van der Waals surface area (Å²) >= 11 is 0. The van der Waals surface area contributed by atoms with Gasteiger partial charge in [-0.2, -0.15) is 0 Å². The Morgan fingerprint density at radius 2 is 1.10 bits per heavy atom. The van der Waals surface area contributed by atoms with Gasteiger partial charge in [-0.3, -0.25) is 4.79 Å². The van der Waals surface area contributed by atoms with Crippen molar-refractivity contribution in [2.24, 2.45) is 0 Å². The monoisotopic (exact) mass is 662 g/mol. The SMILES string of the molecule is C=CC(=O)OCCOCCOCCOCCOC(=O)Oc1ccc(C(=O)Oc2ccc3c(c2)C(C)(C)c2cc(OC(C)=O)ccc2-3)cc1. The summed E-state index contributed by atoms with van der Waals surface area (Å²) in [6.07, 6.45) is 0.171. The number of carbonyl (C=O) groups excluding carboxylic acids is 4. The fourth-order valence-corrected chi connectivity index (χ4v) is 4.93. The summed E-state index contributed by atoms with van der Waals surface area (Å²) in [4.78, 5) is 47.2. The third-order valence-electron chi connectivity index (χ3n) is 7.21. The lowest BCUT2D eigenvalue weighted by atomic mass is 9.82. The molecule has 4 rings (SSSR count). The largest absolute Gasteiger partial charge is 0.513 e. The van der Waals surface area contributed by atoms with Crippen LogP contribution in [0.4, 0.5) is 4.79 Å². The molecule has 48 heavy (non-hydrogen) atoms. The van der Waals surface area contributed by atoms with E-state index in [1.54, 1.807) is 12.1 Å². The van der Waals surface area contributed by atoms with Crippen molar-refractivity contribution in [3.05, 3.63) is 90.0 Å². The van der Waals surface area contributed by atoms with Crippen LogP contribution in [0.2, 0.25) is 0 Å². The molecule has 0 saturated carbocycles. The van der Waals surface area contributed by atoms with E-state index in [4.69, 9.17) is 37.9 Å². The van der Waals surface area contributed by atoms with Gasteiger partial charge in [-0.05, 0) is 70.8 Å². The Hall–Kier alpha value is -5.04. The van der Waals surface area contributed by atoms with Gasteiger partial charge in [0.15, 0.2) is 0 Å². The standard InChI is InChI=1S/C36H38O12/c1-5-33(38)44-20-18-42-16-14-41-15-17-43-19-21-45-35(40)48-26-8-6-25(7-9-26)34(39)47-28-11-13-30-29-12-10-27(46-24(2)37)22-31(29)36(3,4)32(30)23-28/h5-13,22-23H,1,14-21H2,2-4H3. The molecule has 0 aliphatic heterocycles. The van der Waals surface area contributed by atoms with Crippen LogP contribution in [0.1, 0.15) is 42.3 Å². The topological polar surface area (TPSA) is 142 Å². The molecule has 12 nitrogen and oxygen atoms in total. The first-order valence-electron chi connectivity index (χ1n) is 15.3. The molecule has 12 heteroatoms. The van der Waals surface area contributed by atoms with E-state index in [1.165, 1.54) is 31.2 Å². The zero-order chi connectivity index (χ0) is 34.5. The highest BCUT2D eigenvalue weighted by atomic mass is 16.7. The second-order valence-corrected chi connectivity index (χ2v) is 11.0. The number of benzene rings is 3. The average Bonchev–Trinajstić information content (AvgIpc) is 3.28. The molecule has 0 fully saturated rings. The van der Waals surface area contributed by atoms with Crippen LogP contribution < -0.4 is 14.2 Å². The van der Waals surface area contributed by atoms with Crippen LogP contribution in [0.15, 0.2) is 73.3 Å². The molecular weight excluding hydrogens is 624 g/mol. The van der Waals surface area contributed by atoms with E-state index < -0.39 is 23.5 Å². The van der Waals surface area contributed by atoms with Crippen LogP contribution in [-0.2, 0) is 38.7 Å². The lowest BCUT2D eigenvalue weighted by molar-refractivity contribution is -0.139. The summed E-state index contributed by atoms with van der Waals surface area (Å²) in [5.74, 6) is -0.410. The number of esters is 3. The fraction of sp³-hybridized carbons (Fsp3) is 0.333. The minimum Gasteiger partial charge on any atom is -0.460 e. The zero-order valence-corrected chi connectivity index (χ0v) is 27.1. The molecule has 0 amide bonds. The van der Waals surface area contributed by atoms with Crippen LogP contribution in [0.5, 0.6) is 17.2 Å². The Morgan fingerprint density at radius 1 is 0.625 bits per heavy atom. The smallest absolute Gasteiger partial charge is 0.460 e. The van der Waals surface area contributed by atoms with Crippen LogP contribution in [0.3, 0.4) is 0 Å². The van der Waals surface area contributed by atoms with E-state index in [-0.39, 0.29) is 43.7 Å². The molecule has 1 aliphatic rings. The summed E-state index contributed by atoms with van der Waals surface area (Å²) in [5, 5.41) is 0. The van der Waals surface area contributed by atoms with Crippen LogP contribution in [-0.4, -0.2) is 76.9 Å². The van der Waals surface area contributed by atoms with Gasteiger partial charge in [0.05, 0.1) is 45.2 Å². The molecule has 254 valence electrons. The molecule has 0 spiro atoms. The summed E-state index contributed by atoms with van der Waals surface area (Å²) < 4.78 is 41.8. The van der Waals surface area contributed by atoms with E-state index in [0.29, 0.717) is 37.9 Å². The minimum absolute atomic E-state index is 0.0220. The third kappa shape index (κ3) is 9.98. The molecule has 0 aromatic heterocycles. The van der Waals surface area contributed by atoms with Crippen molar-refractivity contribution in [2.45, 2.75) is 26.2 Å². The van der Waals surface area contributed by atoms with Crippen LogP contribution in [0, 0.1) is 0 Å². The molecule has 0 bridgehead atoms. The van der Waals surface area contributed by atoms with Gasteiger partial charge >= 0.3 is 24.1 Å². The second-order valence-electron chi connectivity index (χ2n) is 11.0. The highest BCUT2D eigenvalue weighted by Crippen LogP contribution is 2.50. The number of ether oxygens (including phenoxy) is 8. The maximum absolute atomic E-state index is 12.9. The van der Waals surface area contributed by atoms with Crippen molar-refractivity contribution in [2.75, 3.05) is 52.9 Å². The fourth-order valence-electron chi connectivity index (χ4n) is 4.93. The van der Waals surface area contributed by atoms with Crippen molar-refractivity contribution >= 4 is 24.1 Å². The number of hydrogen-bond donors (Lipinski definition) is 0.